The van der Waals surface area contributed by atoms with E-state index in [2.05, 4.69) is 12.2 Å². The van der Waals surface area contributed by atoms with Crippen LogP contribution in [0.25, 0.3) is 0 Å². The molecule has 5 fully saturated rings. The fraction of sp³-hybridized carbons (Fsp3) is 0.720. The summed E-state index contributed by atoms with van der Waals surface area (Å²) in [6.45, 7) is 6.57. The molecule has 7 heteroatoms. The van der Waals surface area contributed by atoms with Crippen LogP contribution in [0.15, 0.2) is 29.2 Å². The topological polar surface area (TPSA) is 75.7 Å². The third-order valence-electron chi connectivity index (χ3n) is 8.47. The zero-order valence-electron chi connectivity index (χ0n) is 19.4. The third kappa shape index (κ3) is 4.01. The van der Waals surface area contributed by atoms with Crippen LogP contribution < -0.4 is 5.32 Å². The number of hydrogen-bond donors (Lipinski definition) is 1. The van der Waals surface area contributed by atoms with Gasteiger partial charge in [0.2, 0.25) is 10.0 Å². The average Bonchev–Trinajstić information content (AvgIpc) is 2.72. The number of nitrogens with one attached hydrogen (secondary N) is 1. The molecule has 0 radical (unpaired) electrons. The van der Waals surface area contributed by atoms with E-state index in [4.69, 9.17) is 4.74 Å². The van der Waals surface area contributed by atoms with Crippen LogP contribution in [0, 0.1) is 23.2 Å². The zero-order chi connectivity index (χ0) is 22.7. The molecule has 6 rings (SSSR count). The van der Waals surface area contributed by atoms with Gasteiger partial charge in [-0.1, -0.05) is 6.07 Å². The van der Waals surface area contributed by atoms with E-state index >= 15 is 0 Å². The Morgan fingerprint density at radius 3 is 2.19 bits per heavy atom. The first-order valence-electron chi connectivity index (χ1n) is 12.2. The highest BCUT2D eigenvalue weighted by atomic mass is 32.2. The summed E-state index contributed by atoms with van der Waals surface area (Å²) in [7, 11) is -3.68. The van der Waals surface area contributed by atoms with Gasteiger partial charge < -0.3 is 10.1 Å². The molecule has 5 aliphatic rings. The first-order valence-corrected chi connectivity index (χ1v) is 13.7. The molecule has 1 aliphatic heterocycles. The minimum Gasteiger partial charge on any atom is -0.373 e. The fourth-order valence-electron chi connectivity index (χ4n) is 7.41. The lowest BCUT2D eigenvalue weighted by atomic mass is 9.48. The van der Waals surface area contributed by atoms with Crippen LogP contribution in [0.1, 0.15) is 69.7 Å². The second kappa shape index (κ2) is 8.10. The van der Waals surface area contributed by atoms with Crippen molar-refractivity contribution >= 4 is 15.9 Å². The Morgan fingerprint density at radius 1 is 1.06 bits per heavy atom. The monoisotopic (exact) mass is 460 g/mol. The molecular formula is C25H36N2O4S. The SMILES string of the molecule is C[C@@H]1CN(S(=O)(=O)c2cccc(C(=O)N[C@@H](C)C34CC5CC(CC(C5)C3)C4)c2)C[C@@H](C)O1. The quantitative estimate of drug-likeness (QED) is 0.725. The minimum absolute atomic E-state index is 0.101. The Hall–Kier alpha value is -1.44. The standard InChI is InChI=1S/C25H36N2O4S/c1-16-14-27(15-17(2)31-16)32(29,30)23-6-4-5-22(10-23)24(28)26-18(3)25-11-19-7-20(12-25)9-21(8-19)13-25/h4-6,10,16-21H,7-9,11-15H2,1-3H3,(H,26,28)/t16-,17-,18+,19?,20?,21?,25?/m1/s1. The summed E-state index contributed by atoms with van der Waals surface area (Å²) in [4.78, 5) is 13.3. The minimum atomic E-state index is -3.68. The van der Waals surface area contributed by atoms with E-state index in [1.165, 1.54) is 48.9 Å². The van der Waals surface area contributed by atoms with Crippen molar-refractivity contribution < 1.29 is 17.9 Å². The highest BCUT2D eigenvalue weighted by molar-refractivity contribution is 7.89. The molecule has 176 valence electrons. The van der Waals surface area contributed by atoms with Gasteiger partial charge in [0.25, 0.3) is 5.91 Å². The molecular weight excluding hydrogens is 424 g/mol. The molecule has 1 aromatic rings. The molecule has 4 aliphatic carbocycles. The number of hydrogen-bond acceptors (Lipinski definition) is 4. The molecule has 4 bridgehead atoms. The number of benzene rings is 1. The van der Waals surface area contributed by atoms with Gasteiger partial charge in [0.15, 0.2) is 0 Å². The zero-order valence-corrected chi connectivity index (χ0v) is 20.2. The Bertz CT molecular complexity index is 946. The first-order chi connectivity index (χ1) is 15.1. The van der Waals surface area contributed by atoms with Gasteiger partial charge in [0.1, 0.15) is 0 Å². The summed E-state index contributed by atoms with van der Waals surface area (Å²) in [6, 6.07) is 6.60. The Morgan fingerprint density at radius 2 is 1.62 bits per heavy atom. The summed E-state index contributed by atoms with van der Waals surface area (Å²) >= 11 is 0. The molecule has 3 atom stereocenters. The van der Waals surface area contributed by atoms with Crippen LogP contribution in [-0.4, -0.2) is 50.0 Å². The van der Waals surface area contributed by atoms with Crippen molar-refractivity contribution in [3.63, 3.8) is 0 Å². The summed E-state index contributed by atoms with van der Waals surface area (Å²) in [6.07, 6.45) is 7.49. The van der Waals surface area contributed by atoms with Crippen molar-refractivity contribution in [1.82, 2.24) is 9.62 Å². The number of morpholine rings is 1. The van der Waals surface area contributed by atoms with Crippen molar-refractivity contribution in [3.8, 4) is 0 Å². The number of sulfonamides is 1. The van der Waals surface area contributed by atoms with Crippen LogP contribution in [0.4, 0.5) is 0 Å². The second-order valence-electron chi connectivity index (χ2n) is 11.1. The van der Waals surface area contributed by atoms with Crippen molar-refractivity contribution in [3.05, 3.63) is 29.8 Å². The molecule has 0 spiro atoms. The normalized spacial score (nSPS) is 37.9. The molecule has 1 saturated heterocycles. The predicted octanol–water partition coefficient (Wildman–Crippen LogP) is 3.82. The molecule has 0 aromatic heterocycles. The summed E-state index contributed by atoms with van der Waals surface area (Å²) in [5.74, 6) is 2.31. The van der Waals surface area contributed by atoms with Crippen LogP contribution in [0.3, 0.4) is 0 Å². The second-order valence-corrected chi connectivity index (χ2v) is 13.0. The molecule has 32 heavy (non-hydrogen) atoms. The molecule has 0 unspecified atom stereocenters. The predicted molar refractivity (Wildman–Crippen MR) is 123 cm³/mol. The average molecular weight is 461 g/mol. The Labute approximate surface area is 192 Å². The van der Waals surface area contributed by atoms with E-state index in [9.17, 15) is 13.2 Å². The van der Waals surface area contributed by atoms with Gasteiger partial charge in [-0.05, 0) is 101 Å². The molecule has 1 heterocycles. The van der Waals surface area contributed by atoms with Gasteiger partial charge >= 0.3 is 0 Å². The largest absolute Gasteiger partial charge is 0.373 e. The van der Waals surface area contributed by atoms with Gasteiger partial charge in [-0.25, -0.2) is 8.42 Å². The van der Waals surface area contributed by atoms with Crippen LogP contribution >= 0.6 is 0 Å². The van der Waals surface area contributed by atoms with E-state index < -0.39 is 10.0 Å². The first kappa shape index (κ1) is 22.4. The van der Waals surface area contributed by atoms with E-state index in [1.807, 2.05) is 13.8 Å². The number of rotatable bonds is 5. The van der Waals surface area contributed by atoms with E-state index in [0.717, 1.165) is 17.8 Å². The van der Waals surface area contributed by atoms with Crippen LogP contribution in [0.5, 0.6) is 0 Å². The van der Waals surface area contributed by atoms with Gasteiger partial charge in [0.05, 0.1) is 17.1 Å². The molecule has 4 saturated carbocycles. The maximum atomic E-state index is 13.2. The van der Waals surface area contributed by atoms with E-state index in [0.29, 0.717) is 18.7 Å². The van der Waals surface area contributed by atoms with Crippen molar-refractivity contribution in [2.24, 2.45) is 23.2 Å². The Kier molecular flexibility index (Phi) is 5.66. The number of carbonyl (C=O) groups is 1. The summed E-state index contributed by atoms with van der Waals surface area (Å²) in [5.41, 5.74) is 0.630. The molecule has 1 aromatic carbocycles. The number of nitrogens with zero attached hydrogens (tertiary/aromatic N) is 1. The lowest BCUT2D eigenvalue weighted by molar-refractivity contribution is -0.0688. The van der Waals surface area contributed by atoms with Gasteiger partial charge in [-0.15, -0.1) is 0 Å². The number of carbonyl (C=O) groups excluding carboxylic acids is 1. The van der Waals surface area contributed by atoms with Crippen molar-refractivity contribution in [1.29, 1.82) is 0 Å². The lowest BCUT2D eigenvalue weighted by Crippen LogP contribution is -2.55. The van der Waals surface area contributed by atoms with Crippen molar-refractivity contribution in [2.75, 3.05) is 13.1 Å². The highest BCUT2D eigenvalue weighted by Crippen LogP contribution is 2.61. The molecule has 6 nitrogen and oxygen atoms in total. The molecule has 1 amide bonds. The van der Waals surface area contributed by atoms with Gasteiger partial charge in [-0.3, -0.25) is 4.79 Å². The lowest BCUT2D eigenvalue weighted by Gasteiger charge is -2.59. The Balaban J connectivity index is 1.32. The third-order valence-corrected chi connectivity index (χ3v) is 10.3. The van der Waals surface area contributed by atoms with Gasteiger partial charge in [0, 0.05) is 24.7 Å². The summed E-state index contributed by atoms with van der Waals surface area (Å²) < 4.78 is 33.6. The van der Waals surface area contributed by atoms with Crippen molar-refractivity contribution in [2.45, 2.75) is 82.4 Å². The molecule has 1 N–H and O–H groups in total. The smallest absolute Gasteiger partial charge is 0.251 e. The maximum absolute atomic E-state index is 13.2. The maximum Gasteiger partial charge on any atom is 0.251 e. The highest BCUT2D eigenvalue weighted by Gasteiger charge is 2.53. The van der Waals surface area contributed by atoms with E-state index in [1.54, 1.807) is 18.2 Å². The van der Waals surface area contributed by atoms with Crippen LogP contribution in [0.2, 0.25) is 0 Å². The number of ether oxygens (including phenoxy) is 1. The fourth-order valence-corrected chi connectivity index (χ4v) is 9.05. The van der Waals surface area contributed by atoms with Crippen LogP contribution in [-0.2, 0) is 14.8 Å². The summed E-state index contributed by atoms with van der Waals surface area (Å²) in [5, 5.41) is 3.26. The van der Waals surface area contributed by atoms with Gasteiger partial charge in [-0.2, -0.15) is 4.31 Å². The number of amides is 1. The van der Waals surface area contributed by atoms with E-state index in [-0.39, 0.29) is 34.5 Å².